The zero-order valence-corrected chi connectivity index (χ0v) is 14.9. The molecule has 0 aliphatic heterocycles. The van der Waals surface area contributed by atoms with Gasteiger partial charge in [0.2, 0.25) is 0 Å². The van der Waals surface area contributed by atoms with Crippen molar-refractivity contribution in [3.8, 4) is 22.4 Å². The van der Waals surface area contributed by atoms with Gasteiger partial charge in [0, 0.05) is 23.9 Å². The Kier molecular flexibility index (Phi) is 4.68. The van der Waals surface area contributed by atoms with Crippen molar-refractivity contribution in [2.45, 2.75) is 6.42 Å². The smallest absolute Gasteiger partial charge is 0.138 e. The van der Waals surface area contributed by atoms with Crippen LogP contribution in [0.15, 0.2) is 53.5 Å². The van der Waals surface area contributed by atoms with E-state index in [2.05, 4.69) is 44.2 Å². The molecule has 0 saturated carbocycles. The first-order valence-electron chi connectivity index (χ1n) is 7.82. The van der Waals surface area contributed by atoms with Crippen molar-refractivity contribution in [1.82, 2.24) is 15.0 Å². The van der Waals surface area contributed by atoms with Crippen LogP contribution < -0.4 is 5.32 Å². The van der Waals surface area contributed by atoms with Gasteiger partial charge in [-0.25, -0.2) is 15.0 Å². The van der Waals surface area contributed by atoms with Crippen LogP contribution >= 0.6 is 22.7 Å². The van der Waals surface area contributed by atoms with Gasteiger partial charge in [0.25, 0.3) is 0 Å². The Hall–Kier alpha value is -2.75. The van der Waals surface area contributed by atoms with E-state index in [9.17, 15) is 0 Å². The quantitative estimate of drug-likeness (QED) is 0.423. The van der Waals surface area contributed by atoms with Gasteiger partial charge in [-0.1, -0.05) is 36.3 Å². The van der Waals surface area contributed by atoms with Gasteiger partial charge >= 0.3 is 0 Å². The molecule has 0 fully saturated rings. The Morgan fingerprint density at radius 3 is 2.88 bits per heavy atom. The van der Waals surface area contributed by atoms with E-state index in [-0.39, 0.29) is 0 Å². The molecular formula is C19H14N4S2. The largest absolute Gasteiger partial charge is 0.368 e. The van der Waals surface area contributed by atoms with Gasteiger partial charge in [-0.3, -0.25) is 0 Å². The van der Waals surface area contributed by atoms with Crippen LogP contribution in [0, 0.1) is 11.8 Å². The topological polar surface area (TPSA) is 50.7 Å². The molecule has 25 heavy (non-hydrogen) atoms. The standard InChI is InChI=1S/C19H14N4S2/c1-2-6-14(7-3-1)18-23-15(12-25-18)8-4-5-10-20-17-16-9-11-24-19(16)22-13-21-17/h1-3,6-7,9,11-13H,5,10H2,(H,20,21,22). The lowest BCUT2D eigenvalue weighted by molar-refractivity contribution is 1.07. The predicted octanol–water partition coefficient (Wildman–Crippen LogP) is 4.67. The third-order valence-corrected chi connectivity index (χ3v) is 5.26. The summed E-state index contributed by atoms with van der Waals surface area (Å²) in [4.78, 5) is 14.1. The summed E-state index contributed by atoms with van der Waals surface area (Å²) in [6.07, 6.45) is 2.32. The van der Waals surface area contributed by atoms with E-state index in [0.29, 0.717) is 0 Å². The normalized spacial score (nSPS) is 10.4. The highest BCUT2D eigenvalue weighted by Crippen LogP contribution is 2.24. The molecule has 0 saturated heterocycles. The van der Waals surface area contributed by atoms with E-state index >= 15 is 0 Å². The van der Waals surface area contributed by atoms with E-state index in [1.165, 1.54) is 0 Å². The van der Waals surface area contributed by atoms with E-state index in [1.807, 2.05) is 35.0 Å². The van der Waals surface area contributed by atoms with Crippen molar-refractivity contribution in [2.75, 3.05) is 11.9 Å². The van der Waals surface area contributed by atoms with E-state index in [4.69, 9.17) is 0 Å². The van der Waals surface area contributed by atoms with Crippen LogP contribution in [0.2, 0.25) is 0 Å². The molecule has 0 aliphatic carbocycles. The van der Waals surface area contributed by atoms with Gasteiger partial charge in [-0.2, -0.15) is 0 Å². The monoisotopic (exact) mass is 362 g/mol. The summed E-state index contributed by atoms with van der Waals surface area (Å²) in [5.74, 6) is 7.17. The maximum absolute atomic E-state index is 4.58. The summed E-state index contributed by atoms with van der Waals surface area (Å²) < 4.78 is 0. The number of nitrogens with zero attached hydrogens (tertiary/aromatic N) is 3. The second-order valence-electron chi connectivity index (χ2n) is 5.24. The number of benzene rings is 1. The van der Waals surface area contributed by atoms with Gasteiger partial charge < -0.3 is 5.32 Å². The molecule has 0 unspecified atom stereocenters. The van der Waals surface area contributed by atoms with E-state index < -0.39 is 0 Å². The number of fused-ring (bicyclic) bond motifs is 1. The fourth-order valence-electron chi connectivity index (χ4n) is 2.37. The first-order chi connectivity index (χ1) is 12.4. The molecule has 0 amide bonds. The zero-order valence-electron chi connectivity index (χ0n) is 13.3. The summed E-state index contributed by atoms with van der Waals surface area (Å²) in [5.41, 5.74) is 1.96. The maximum Gasteiger partial charge on any atom is 0.138 e. The van der Waals surface area contributed by atoms with Crippen LogP contribution in [-0.2, 0) is 0 Å². The predicted molar refractivity (Wildman–Crippen MR) is 105 cm³/mol. The van der Waals surface area contributed by atoms with Crippen molar-refractivity contribution in [1.29, 1.82) is 0 Å². The Balaban J connectivity index is 1.35. The second-order valence-corrected chi connectivity index (χ2v) is 7.00. The molecule has 4 rings (SSSR count). The van der Waals surface area contributed by atoms with E-state index in [1.54, 1.807) is 29.0 Å². The lowest BCUT2D eigenvalue weighted by atomic mass is 10.2. The second kappa shape index (κ2) is 7.43. The van der Waals surface area contributed by atoms with Crippen LogP contribution in [0.25, 0.3) is 20.8 Å². The summed E-state index contributed by atoms with van der Waals surface area (Å²) in [7, 11) is 0. The molecule has 1 aromatic carbocycles. The number of hydrogen-bond acceptors (Lipinski definition) is 6. The molecule has 0 atom stereocenters. The number of rotatable bonds is 4. The number of hydrogen-bond donors (Lipinski definition) is 1. The summed E-state index contributed by atoms with van der Waals surface area (Å²) in [6.45, 7) is 0.741. The van der Waals surface area contributed by atoms with Crippen LogP contribution in [0.3, 0.4) is 0 Å². The van der Waals surface area contributed by atoms with Crippen molar-refractivity contribution < 1.29 is 0 Å². The van der Waals surface area contributed by atoms with Gasteiger partial charge in [-0.05, 0) is 17.4 Å². The summed E-state index contributed by atoms with van der Waals surface area (Å²) >= 11 is 3.24. The molecular weight excluding hydrogens is 348 g/mol. The highest BCUT2D eigenvalue weighted by atomic mass is 32.1. The third-order valence-electron chi connectivity index (χ3n) is 3.55. The van der Waals surface area contributed by atoms with Gasteiger partial charge in [0.15, 0.2) is 0 Å². The zero-order chi connectivity index (χ0) is 16.9. The lowest BCUT2D eigenvalue weighted by Crippen LogP contribution is -2.02. The first kappa shape index (κ1) is 15.8. The maximum atomic E-state index is 4.58. The highest BCUT2D eigenvalue weighted by Gasteiger charge is 2.03. The minimum atomic E-state index is 0.730. The molecule has 3 aromatic heterocycles. The molecule has 1 N–H and O–H groups in total. The lowest BCUT2D eigenvalue weighted by Gasteiger charge is -2.03. The molecule has 0 aliphatic rings. The highest BCUT2D eigenvalue weighted by molar-refractivity contribution is 7.16. The van der Waals surface area contributed by atoms with Crippen molar-refractivity contribution in [3.05, 3.63) is 59.2 Å². The van der Waals surface area contributed by atoms with Crippen LogP contribution in [0.1, 0.15) is 12.1 Å². The fourth-order valence-corrected chi connectivity index (χ4v) is 3.86. The summed E-state index contributed by atoms with van der Waals surface area (Å²) in [5, 5.41) is 9.42. The van der Waals surface area contributed by atoms with Gasteiger partial charge in [0.05, 0.1) is 5.39 Å². The van der Waals surface area contributed by atoms with Gasteiger partial charge in [-0.15, -0.1) is 22.7 Å². The van der Waals surface area contributed by atoms with Crippen molar-refractivity contribution in [3.63, 3.8) is 0 Å². The van der Waals surface area contributed by atoms with Crippen molar-refractivity contribution in [2.24, 2.45) is 0 Å². The SMILES string of the molecule is C(#Cc1csc(-c2ccccc2)n1)CCNc1ncnc2sccc12. The molecule has 6 heteroatoms. The molecule has 122 valence electrons. The fraction of sp³-hybridized carbons (Fsp3) is 0.105. The number of aromatic nitrogens is 3. The minimum absolute atomic E-state index is 0.730. The van der Waals surface area contributed by atoms with Crippen molar-refractivity contribution >= 4 is 38.7 Å². The number of nitrogens with one attached hydrogen (secondary N) is 1. The Morgan fingerprint density at radius 1 is 1.04 bits per heavy atom. The van der Waals surface area contributed by atoms with Gasteiger partial charge in [0.1, 0.15) is 27.7 Å². The van der Waals surface area contributed by atoms with E-state index in [0.717, 1.165) is 45.3 Å². The average Bonchev–Trinajstić information content (AvgIpc) is 3.32. The molecule has 0 radical (unpaired) electrons. The number of thiophene rings is 1. The Morgan fingerprint density at radius 2 is 1.96 bits per heavy atom. The number of anilines is 1. The van der Waals surface area contributed by atoms with Crippen LogP contribution in [0.5, 0.6) is 0 Å². The Labute approximate surface area is 153 Å². The van der Waals surface area contributed by atoms with Crippen LogP contribution in [0.4, 0.5) is 5.82 Å². The summed E-state index contributed by atoms with van der Waals surface area (Å²) in [6, 6.07) is 12.2. The molecule has 4 nitrogen and oxygen atoms in total. The molecule has 0 bridgehead atoms. The number of thiazole rings is 1. The molecule has 3 heterocycles. The average molecular weight is 362 g/mol. The first-order valence-corrected chi connectivity index (χ1v) is 9.58. The Bertz CT molecular complexity index is 1040. The molecule has 0 spiro atoms. The third kappa shape index (κ3) is 3.68. The molecule has 4 aromatic rings. The van der Waals surface area contributed by atoms with Crippen LogP contribution in [-0.4, -0.2) is 21.5 Å². The minimum Gasteiger partial charge on any atom is -0.368 e.